The second-order valence-electron chi connectivity index (χ2n) is 2.49. The van der Waals surface area contributed by atoms with E-state index in [4.69, 9.17) is 5.73 Å². The third kappa shape index (κ3) is 1.57. The maximum absolute atomic E-state index is 5.79. The second kappa shape index (κ2) is 3.48. The van der Waals surface area contributed by atoms with Gasteiger partial charge in [-0.1, -0.05) is 6.92 Å². The lowest BCUT2D eigenvalue weighted by atomic mass is 10.2. The van der Waals surface area contributed by atoms with Gasteiger partial charge in [-0.25, -0.2) is 0 Å². The Morgan fingerprint density at radius 3 is 2.91 bits per heavy atom. The van der Waals surface area contributed by atoms with E-state index in [0.29, 0.717) is 0 Å². The van der Waals surface area contributed by atoms with E-state index in [1.807, 2.05) is 11.5 Å². The fourth-order valence-electron chi connectivity index (χ4n) is 0.977. The maximum atomic E-state index is 5.79. The van der Waals surface area contributed by atoms with Crippen LogP contribution < -0.4 is 5.73 Å². The van der Waals surface area contributed by atoms with Crippen LogP contribution in [0.4, 0.5) is 0 Å². The van der Waals surface area contributed by atoms with E-state index in [9.17, 15) is 0 Å². The minimum atomic E-state index is 0.0254. The lowest BCUT2D eigenvalue weighted by Gasteiger charge is -2.08. The number of nitrogens with zero attached hydrogens (tertiary/aromatic N) is 3. The van der Waals surface area contributed by atoms with Crippen LogP contribution in [0.2, 0.25) is 0 Å². The highest BCUT2D eigenvalue weighted by Crippen LogP contribution is 2.09. The van der Waals surface area contributed by atoms with Gasteiger partial charge in [0.25, 0.3) is 0 Å². The Balaban J connectivity index is 2.83. The molecule has 1 heterocycles. The Morgan fingerprint density at radius 1 is 1.64 bits per heavy atom. The smallest absolute Gasteiger partial charge is 0.149 e. The topological polar surface area (TPSA) is 56.7 Å². The standard InChI is InChI=1S/C7H14N4/c1-3-6(8)7-10-9-5-11(7)4-2/h5-6H,3-4,8H2,1-2H3/t6-/m1/s1. The first kappa shape index (κ1) is 8.20. The Hall–Kier alpha value is -0.900. The molecule has 0 saturated heterocycles. The molecule has 0 amide bonds. The first-order valence-corrected chi connectivity index (χ1v) is 3.92. The van der Waals surface area contributed by atoms with Gasteiger partial charge in [-0.15, -0.1) is 10.2 Å². The van der Waals surface area contributed by atoms with E-state index >= 15 is 0 Å². The SMILES string of the molecule is CC[C@@H](N)c1nncn1CC. The highest BCUT2D eigenvalue weighted by Gasteiger charge is 2.09. The molecule has 0 spiro atoms. The van der Waals surface area contributed by atoms with Crippen LogP contribution in [0.5, 0.6) is 0 Å². The predicted molar refractivity (Wildman–Crippen MR) is 42.9 cm³/mol. The number of hydrogen-bond donors (Lipinski definition) is 1. The zero-order chi connectivity index (χ0) is 8.27. The Kier molecular flexibility index (Phi) is 2.59. The summed E-state index contributed by atoms with van der Waals surface area (Å²) < 4.78 is 1.97. The first-order chi connectivity index (χ1) is 5.29. The summed E-state index contributed by atoms with van der Waals surface area (Å²) in [4.78, 5) is 0. The van der Waals surface area contributed by atoms with E-state index in [1.165, 1.54) is 0 Å². The van der Waals surface area contributed by atoms with Gasteiger partial charge in [-0.05, 0) is 13.3 Å². The molecule has 11 heavy (non-hydrogen) atoms. The van der Waals surface area contributed by atoms with Crippen LogP contribution in [0.3, 0.4) is 0 Å². The van der Waals surface area contributed by atoms with Crippen molar-refractivity contribution in [3.63, 3.8) is 0 Å². The van der Waals surface area contributed by atoms with Crippen LogP contribution in [0.25, 0.3) is 0 Å². The van der Waals surface area contributed by atoms with Gasteiger partial charge < -0.3 is 10.3 Å². The van der Waals surface area contributed by atoms with Crippen molar-refractivity contribution in [1.29, 1.82) is 0 Å². The van der Waals surface area contributed by atoms with Gasteiger partial charge in [0, 0.05) is 6.54 Å². The Bertz CT molecular complexity index is 218. The third-order valence-corrected chi connectivity index (χ3v) is 1.76. The summed E-state index contributed by atoms with van der Waals surface area (Å²) >= 11 is 0. The molecule has 1 rings (SSSR count). The summed E-state index contributed by atoms with van der Waals surface area (Å²) in [5, 5.41) is 7.74. The minimum Gasteiger partial charge on any atom is -0.321 e. The molecule has 0 radical (unpaired) electrons. The average molecular weight is 154 g/mol. The van der Waals surface area contributed by atoms with E-state index in [0.717, 1.165) is 18.8 Å². The van der Waals surface area contributed by atoms with Gasteiger partial charge in [0.2, 0.25) is 0 Å². The largest absolute Gasteiger partial charge is 0.321 e. The zero-order valence-electron chi connectivity index (χ0n) is 6.99. The van der Waals surface area contributed by atoms with Gasteiger partial charge in [-0.3, -0.25) is 0 Å². The van der Waals surface area contributed by atoms with Crippen LogP contribution in [-0.4, -0.2) is 14.8 Å². The molecular weight excluding hydrogens is 140 g/mol. The van der Waals surface area contributed by atoms with Crippen molar-refractivity contribution in [2.45, 2.75) is 32.9 Å². The van der Waals surface area contributed by atoms with Crippen molar-refractivity contribution in [3.05, 3.63) is 12.2 Å². The van der Waals surface area contributed by atoms with Gasteiger partial charge in [0.15, 0.2) is 0 Å². The predicted octanol–water partition coefficient (Wildman–Crippen LogP) is 0.708. The van der Waals surface area contributed by atoms with E-state index in [2.05, 4.69) is 17.1 Å². The van der Waals surface area contributed by atoms with Gasteiger partial charge in [0.05, 0.1) is 6.04 Å². The quantitative estimate of drug-likeness (QED) is 0.697. The van der Waals surface area contributed by atoms with Crippen molar-refractivity contribution in [3.8, 4) is 0 Å². The summed E-state index contributed by atoms with van der Waals surface area (Å²) in [7, 11) is 0. The van der Waals surface area contributed by atoms with Crippen LogP contribution in [0.15, 0.2) is 6.33 Å². The monoisotopic (exact) mass is 154 g/mol. The number of rotatable bonds is 3. The molecule has 1 atom stereocenters. The maximum Gasteiger partial charge on any atom is 0.149 e. The number of aryl methyl sites for hydroxylation is 1. The Labute approximate surface area is 66.4 Å². The molecule has 0 unspecified atom stereocenters. The molecule has 4 heteroatoms. The molecule has 0 fully saturated rings. The first-order valence-electron chi connectivity index (χ1n) is 3.92. The van der Waals surface area contributed by atoms with Crippen molar-refractivity contribution < 1.29 is 0 Å². The van der Waals surface area contributed by atoms with E-state index < -0.39 is 0 Å². The molecule has 0 aliphatic heterocycles. The molecule has 1 aromatic rings. The van der Waals surface area contributed by atoms with Crippen molar-refractivity contribution in [2.75, 3.05) is 0 Å². The number of hydrogen-bond acceptors (Lipinski definition) is 3. The lowest BCUT2D eigenvalue weighted by Crippen LogP contribution is -2.15. The fraction of sp³-hybridized carbons (Fsp3) is 0.714. The molecule has 62 valence electrons. The normalized spacial score (nSPS) is 13.4. The summed E-state index contributed by atoms with van der Waals surface area (Å²) in [6, 6.07) is 0.0254. The van der Waals surface area contributed by atoms with Gasteiger partial charge in [-0.2, -0.15) is 0 Å². The van der Waals surface area contributed by atoms with E-state index in [1.54, 1.807) is 6.33 Å². The third-order valence-electron chi connectivity index (χ3n) is 1.76. The minimum absolute atomic E-state index is 0.0254. The van der Waals surface area contributed by atoms with Crippen molar-refractivity contribution >= 4 is 0 Å². The lowest BCUT2D eigenvalue weighted by molar-refractivity contribution is 0.588. The van der Waals surface area contributed by atoms with Gasteiger partial charge >= 0.3 is 0 Å². The summed E-state index contributed by atoms with van der Waals surface area (Å²) in [5.41, 5.74) is 5.79. The average Bonchev–Trinajstić information content (AvgIpc) is 2.50. The molecule has 0 saturated carbocycles. The molecule has 0 aliphatic carbocycles. The zero-order valence-corrected chi connectivity index (χ0v) is 6.99. The van der Waals surface area contributed by atoms with Crippen LogP contribution in [0.1, 0.15) is 32.1 Å². The highest BCUT2D eigenvalue weighted by atomic mass is 15.3. The Morgan fingerprint density at radius 2 is 2.36 bits per heavy atom. The summed E-state index contributed by atoms with van der Waals surface area (Å²) in [5.74, 6) is 0.884. The molecule has 2 N–H and O–H groups in total. The van der Waals surface area contributed by atoms with Crippen molar-refractivity contribution in [2.24, 2.45) is 5.73 Å². The summed E-state index contributed by atoms with van der Waals surface area (Å²) in [6.45, 7) is 4.98. The molecule has 0 aliphatic rings. The number of nitrogens with two attached hydrogens (primary N) is 1. The molecule has 0 aromatic carbocycles. The molecule has 1 aromatic heterocycles. The van der Waals surface area contributed by atoms with Crippen LogP contribution >= 0.6 is 0 Å². The second-order valence-corrected chi connectivity index (χ2v) is 2.49. The highest BCUT2D eigenvalue weighted by molar-refractivity contribution is 4.92. The molecule has 4 nitrogen and oxygen atoms in total. The molecule has 0 bridgehead atoms. The molecular formula is C7H14N4. The van der Waals surface area contributed by atoms with Crippen LogP contribution in [-0.2, 0) is 6.54 Å². The fourth-order valence-corrected chi connectivity index (χ4v) is 0.977. The summed E-state index contributed by atoms with van der Waals surface area (Å²) in [6.07, 6.45) is 2.61. The van der Waals surface area contributed by atoms with Gasteiger partial charge in [0.1, 0.15) is 12.2 Å². The number of aromatic nitrogens is 3. The van der Waals surface area contributed by atoms with Crippen molar-refractivity contribution in [1.82, 2.24) is 14.8 Å². The van der Waals surface area contributed by atoms with Crippen LogP contribution in [0, 0.1) is 0 Å². The van der Waals surface area contributed by atoms with E-state index in [-0.39, 0.29) is 6.04 Å².